The van der Waals surface area contributed by atoms with Gasteiger partial charge < -0.3 is 10.2 Å². The predicted octanol–water partition coefficient (Wildman–Crippen LogP) is 0.889. The number of hydrogen-bond acceptors (Lipinski definition) is 6. The fourth-order valence-electron chi connectivity index (χ4n) is 3.06. The first kappa shape index (κ1) is 23.9. The van der Waals surface area contributed by atoms with Gasteiger partial charge in [0.2, 0.25) is 0 Å². The topological polar surface area (TPSA) is 150 Å². The molecule has 2 aromatic heterocycles. The normalized spacial score (nSPS) is 10.9. The van der Waals surface area contributed by atoms with Gasteiger partial charge in [-0.25, -0.2) is 9.36 Å². The molecule has 0 spiro atoms. The summed E-state index contributed by atoms with van der Waals surface area (Å²) in [6.07, 6.45) is 0. The van der Waals surface area contributed by atoms with Crippen molar-refractivity contribution in [2.75, 3.05) is 13.2 Å². The number of nitrogens with zero attached hydrogens (tertiary/aromatic N) is 2. The molecular formula is C20H18Br2N4O6. The Morgan fingerprint density at radius 2 is 1.09 bits per heavy atom. The largest absolute Gasteiger partial charge is 0.394 e. The van der Waals surface area contributed by atoms with Gasteiger partial charge in [-0.3, -0.25) is 29.4 Å². The average molecular weight is 570 g/mol. The van der Waals surface area contributed by atoms with Crippen LogP contribution in [0.3, 0.4) is 0 Å². The number of hydrogen-bond donors (Lipinski definition) is 4. The van der Waals surface area contributed by atoms with Gasteiger partial charge in [0, 0.05) is 8.95 Å². The van der Waals surface area contributed by atoms with Gasteiger partial charge in [0.1, 0.15) is 0 Å². The lowest BCUT2D eigenvalue weighted by Crippen LogP contribution is -2.30. The maximum atomic E-state index is 11.9. The molecule has 0 saturated carbocycles. The van der Waals surface area contributed by atoms with Crippen molar-refractivity contribution < 1.29 is 10.2 Å². The summed E-state index contributed by atoms with van der Waals surface area (Å²) in [4.78, 5) is 47.0. The number of rotatable bonds is 4. The zero-order valence-electron chi connectivity index (χ0n) is 16.5. The van der Waals surface area contributed by atoms with Crippen molar-refractivity contribution in [2.45, 2.75) is 13.1 Å². The lowest BCUT2D eigenvalue weighted by Gasteiger charge is -2.04. The Labute approximate surface area is 196 Å². The number of aromatic nitrogens is 4. The van der Waals surface area contributed by atoms with E-state index < -0.39 is 0 Å². The van der Waals surface area contributed by atoms with Gasteiger partial charge in [-0.15, -0.1) is 0 Å². The van der Waals surface area contributed by atoms with Crippen LogP contribution in [0.15, 0.2) is 64.5 Å². The van der Waals surface area contributed by atoms with Crippen LogP contribution in [-0.2, 0) is 13.1 Å². The third kappa shape index (κ3) is 4.99. The van der Waals surface area contributed by atoms with Gasteiger partial charge in [0.05, 0.1) is 47.8 Å². The van der Waals surface area contributed by atoms with Crippen molar-refractivity contribution in [3.8, 4) is 0 Å². The zero-order chi connectivity index (χ0) is 23.4. The molecule has 10 nitrogen and oxygen atoms in total. The van der Waals surface area contributed by atoms with Crippen molar-refractivity contribution in [3.63, 3.8) is 0 Å². The Balaban J connectivity index is 0.000000181. The summed E-state index contributed by atoms with van der Waals surface area (Å²) in [5, 5.41) is 23.7. The molecule has 2 heterocycles. The second kappa shape index (κ2) is 10.2. The summed E-state index contributed by atoms with van der Waals surface area (Å²) in [5.41, 5.74) is -1.30. The summed E-state index contributed by atoms with van der Waals surface area (Å²) < 4.78 is 3.69. The first-order chi connectivity index (χ1) is 15.3. The van der Waals surface area contributed by atoms with Gasteiger partial charge in [-0.2, -0.15) is 0 Å². The second-order valence-corrected chi connectivity index (χ2v) is 8.45. The molecule has 0 atom stereocenters. The highest BCUT2D eigenvalue weighted by Crippen LogP contribution is 2.14. The molecule has 0 aliphatic rings. The lowest BCUT2D eigenvalue weighted by molar-refractivity contribution is 0.266. The van der Waals surface area contributed by atoms with E-state index in [1.54, 1.807) is 36.4 Å². The molecule has 0 aliphatic heterocycles. The van der Waals surface area contributed by atoms with Crippen molar-refractivity contribution in [3.05, 3.63) is 86.8 Å². The summed E-state index contributed by atoms with van der Waals surface area (Å²) in [7, 11) is 0. The molecular weight excluding hydrogens is 552 g/mol. The van der Waals surface area contributed by atoms with Crippen molar-refractivity contribution in [1.29, 1.82) is 0 Å². The monoisotopic (exact) mass is 568 g/mol. The third-order valence-corrected chi connectivity index (χ3v) is 5.51. The van der Waals surface area contributed by atoms with E-state index in [9.17, 15) is 19.2 Å². The van der Waals surface area contributed by atoms with E-state index in [1.165, 1.54) is 0 Å². The molecule has 32 heavy (non-hydrogen) atoms. The van der Waals surface area contributed by atoms with Crippen LogP contribution in [-0.4, -0.2) is 43.0 Å². The summed E-state index contributed by atoms with van der Waals surface area (Å²) in [5.74, 6) is 0. The standard InChI is InChI=1S/2C10H9BrN2O3/c11-6-1-2-7-8(5-6)9(15)12-13(3-4-14)10(7)16;11-6-1-2-7-8(5-6)10(16)13(3-4-14)12-9(7)15/h2*1-2,5,14H,3-4H2,(H,12,15). The first-order valence-electron chi connectivity index (χ1n) is 9.33. The minimum Gasteiger partial charge on any atom is -0.394 e. The van der Waals surface area contributed by atoms with Gasteiger partial charge in [0.15, 0.2) is 0 Å². The molecule has 4 aromatic rings. The second-order valence-electron chi connectivity index (χ2n) is 6.62. The van der Waals surface area contributed by atoms with Gasteiger partial charge >= 0.3 is 0 Å². The summed E-state index contributed by atoms with van der Waals surface area (Å²) in [6.45, 7) is -0.232. The fraction of sp³-hybridized carbons (Fsp3) is 0.200. The molecule has 4 N–H and O–H groups in total. The summed E-state index contributed by atoms with van der Waals surface area (Å²) in [6, 6.07) is 9.77. The molecule has 2 aromatic carbocycles. The quantitative estimate of drug-likeness (QED) is 0.287. The number of fused-ring (bicyclic) bond motifs is 2. The van der Waals surface area contributed by atoms with Gasteiger partial charge in [-0.05, 0) is 36.4 Å². The SMILES string of the molecule is O=c1[nH]n(CCO)c(=O)c2cc(Br)ccc12.O=c1[nH]n(CCO)c(=O)c2ccc(Br)cc12. The number of nitrogens with one attached hydrogen (secondary N) is 2. The molecule has 0 amide bonds. The minimum absolute atomic E-state index is 0.0799. The third-order valence-electron chi connectivity index (χ3n) is 4.52. The van der Waals surface area contributed by atoms with Crippen LogP contribution in [0.1, 0.15) is 0 Å². The first-order valence-corrected chi connectivity index (χ1v) is 10.9. The molecule has 0 saturated heterocycles. The average Bonchev–Trinajstić information content (AvgIpc) is 2.76. The van der Waals surface area contributed by atoms with Crippen LogP contribution in [0.25, 0.3) is 21.5 Å². The van der Waals surface area contributed by atoms with Crippen molar-refractivity contribution in [1.82, 2.24) is 19.6 Å². The number of H-pyrrole nitrogens is 2. The molecule has 0 bridgehead atoms. The van der Waals surface area contributed by atoms with E-state index in [1.807, 2.05) is 0 Å². The van der Waals surface area contributed by atoms with Gasteiger partial charge in [0.25, 0.3) is 22.2 Å². The highest BCUT2D eigenvalue weighted by Gasteiger charge is 2.08. The van der Waals surface area contributed by atoms with Crippen LogP contribution in [0.4, 0.5) is 0 Å². The van der Waals surface area contributed by atoms with Crippen LogP contribution in [0, 0.1) is 0 Å². The molecule has 4 rings (SSSR count). The summed E-state index contributed by atoms with van der Waals surface area (Å²) >= 11 is 6.48. The number of benzene rings is 2. The van der Waals surface area contributed by atoms with E-state index >= 15 is 0 Å². The molecule has 12 heteroatoms. The molecule has 0 fully saturated rings. The molecule has 168 valence electrons. The van der Waals surface area contributed by atoms with E-state index in [2.05, 4.69) is 42.1 Å². The van der Waals surface area contributed by atoms with Crippen LogP contribution in [0.2, 0.25) is 0 Å². The number of aliphatic hydroxyl groups is 2. The highest BCUT2D eigenvalue weighted by molar-refractivity contribution is 9.10. The highest BCUT2D eigenvalue weighted by atomic mass is 79.9. The molecule has 0 unspecified atom stereocenters. The van der Waals surface area contributed by atoms with Gasteiger partial charge in [-0.1, -0.05) is 31.9 Å². The Kier molecular flexibility index (Phi) is 7.61. The zero-order valence-corrected chi connectivity index (χ0v) is 19.6. The Morgan fingerprint density at radius 3 is 1.62 bits per heavy atom. The smallest absolute Gasteiger partial charge is 0.273 e. The van der Waals surface area contributed by atoms with Crippen molar-refractivity contribution >= 4 is 53.4 Å². The van der Waals surface area contributed by atoms with Crippen LogP contribution in [0.5, 0.6) is 0 Å². The number of aromatic amines is 2. The van der Waals surface area contributed by atoms with Crippen LogP contribution < -0.4 is 22.2 Å². The predicted molar refractivity (Wildman–Crippen MR) is 127 cm³/mol. The Morgan fingerprint density at radius 1 is 0.656 bits per heavy atom. The van der Waals surface area contributed by atoms with E-state index in [4.69, 9.17) is 10.2 Å². The maximum Gasteiger partial charge on any atom is 0.273 e. The molecule has 0 aliphatic carbocycles. The number of halogens is 2. The molecule has 0 radical (unpaired) electrons. The maximum absolute atomic E-state index is 11.9. The van der Waals surface area contributed by atoms with E-state index in [0.717, 1.165) is 18.3 Å². The Bertz CT molecular complexity index is 1520. The van der Waals surface area contributed by atoms with E-state index in [0.29, 0.717) is 21.5 Å². The van der Waals surface area contributed by atoms with Crippen molar-refractivity contribution in [2.24, 2.45) is 0 Å². The Hall–Kier alpha value is -2.80. The van der Waals surface area contributed by atoms with Crippen LogP contribution >= 0.6 is 31.9 Å². The minimum atomic E-state index is -0.343. The lowest BCUT2D eigenvalue weighted by atomic mass is 10.2. The fourth-order valence-corrected chi connectivity index (χ4v) is 3.78. The number of aliphatic hydroxyl groups excluding tert-OH is 2. The van der Waals surface area contributed by atoms with E-state index in [-0.39, 0.29) is 48.5 Å².